The number of methoxy groups -OCH3 is 1. The Hall–Kier alpha value is -0.710. The summed E-state index contributed by atoms with van der Waals surface area (Å²) in [6, 6.07) is -1.12. The van der Waals surface area contributed by atoms with Gasteiger partial charge < -0.3 is 10.5 Å². The summed E-state index contributed by atoms with van der Waals surface area (Å²) in [6.07, 6.45) is 0.0804. The first kappa shape index (κ1) is 10.4. The van der Waals surface area contributed by atoms with E-state index in [1.807, 2.05) is 0 Å². The number of carbonyl (C=O) groups is 1. The molecule has 5 heteroatoms. The number of carbonyl (C=O) groups excluding carboxylic acids is 1. The molecule has 0 aromatic heterocycles. The molecule has 0 aromatic rings. The summed E-state index contributed by atoms with van der Waals surface area (Å²) >= 11 is 0. The smallest absolute Gasteiger partial charge is 0.308 e. The lowest BCUT2D eigenvalue weighted by molar-refractivity contribution is -0.153. The number of ether oxygens (including phenoxy) is 1. The predicted molar refractivity (Wildman–Crippen MR) is 42.3 cm³/mol. The molecule has 13 heavy (non-hydrogen) atoms. The SMILES string of the molecule is COC(=O)[C@H]1CC[C@H](N)C(F)(F)C1. The average Bonchev–Trinajstić information content (AvgIpc) is 2.08. The van der Waals surface area contributed by atoms with Gasteiger partial charge in [0.1, 0.15) is 0 Å². The van der Waals surface area contributed by atoms with Crippen molar-refractivity contribution in [1.82, 2.24) is 0 Å². The van der Waals surface area contributed by atoms with E-state index in [0.29, 0.717) is 6.42 Å². The van der Waals surface area contributed by atoms with Crippen molar-refractivity contribution < 1.29 is 18.3 Å². The van der Waals surface area contributed by atoms with Gasteiger partial charge in [0.15, 0.2) is 0 Å². The Balaban J connectivity index is 2.60. The van der Waals surface area contributed by atoms with Crippen LogP contribution in [-0.4, -0.2) is 25.0 Å². The monoisotopic (exact) mass is 193 g/mol. The van der Waals surface area contributed by atoms with E-state index in [1.54, 1.807) is 0 Å². The molecule has 0 heterocycles. The molecule has 0 aliphatic heterocycles. The van der Waals surface area contributed by atoms with Gasteiger partial charge in [0.05, 0.1) is 19.1 Å². The molecule has 1 saturated carbocycles. The third-order valence-corrected chi connectivity index (χ3v) is 2.42. The van der Waals surface area contributed by atoms with Crippen molar-refractivity contribution in [2.45, 2.75) is 31.2 Å². The summed E-state index contributed by atoms with van der Waals surface area (Å²) in [5.41, 5.74) is 5.21. The first-order chi connectivity index (χ1) is 5.97. The molecule has 1 fully saturated rings. The Bertz CT molecular complexity index is 208. The third-order valence-electron chi connectivity index (χ3n) is 2.42. The van der Waals surface area contributed by atoms with E-state index in [0.717, 1.165) is 0 Å². The van der Waals surface area contributed by atoms with E-state index < -0.39 is 30.3 Å². The largest absolute Gasteiger partial charge is 0.469 e. The fraction of sp³-hybridized carbons (Fsp3) is 0.875. The maximum absolute atomic E-state index is 13.0. The lowest BCUT2D eigenvalue weighted by Crippen LogP contribution is -2.47. The molecule has 0 unspecified atom stereocenters. The first-order valence-electron chi connectivity index (χ1n) is 4.18. The highest BCUT2D eigenvalue weighted by Gasteiger charge is 2.45. The van der Waals surface area contributed by atoms with Gasteiger partial charge in [-0.1, -0.05) is 0 Å². The summed E-state index contributed by atoms with van der Waals surface area (Å²) < 4.78 is 30.4. The van der Waals surface area contributed by atoms with Crippen molar-refractivity contribution >= 4 is 5.97 Å². The molecule has 2 atom stereocenters. The quantitative estimate of drug-likeness (QED) is 0.630. The maximum Gasteiger partial charge on any atom is 0.308 e. The van der Waals surface area contributed by atoms with E-state index in [2.05, 4.69) is 4.74 Å². The van der Waals surface area contributed by atoms with Gasteiger partial charge in [-0.2, -0.15) is 0 Å². The predicted octanol–water partition coefficient (Wildman–Crippen LogP) is 0.922. The van der Waals surface area contributed by atoms with Crippen LogP contribution in [0.15, 0.2) is 0 Å². The van der Waals surface area contributed by atoms with Gasteiger partial charge in [-0.3, -0.25) is 4.79 Å². The van der Waals surface area contributed by atoms with Crippen LogP contribution in [0.3, 0.4) is 0 Å². The molecule has 0 radical (unpaired) electrons. The number of rotatable bonds is 1. The maximum atomic E-state index is 13.0. The number of nitrogens with two attached hydrogens (primary N) is 1. The second-order valence-electron chi connectivity index (χ2n) is 3.37. The molecular weight excluding hydrogens is 180 g/mol. The molecule has 1 aliphatic rings. The van der Waals surface area contributed by atoms with Gasteiger partial charge in [-0.15, -0.1) is 0 Å². The van der Waals surface area contributed by atoms with Crippen molar-refractivity contribution in [3.63, 3.8) is 0 Å². The van der Waals surface area contributed by atoms with Crippen LogP contribution in [0.2, 0.25) is 0 Å². The van der Waals surface area contributed by atoms with Gasteiger partial charge in [0.2, 0.25) is 0 Å². The normalized spacial score (nSPS) is 32.6. The van der Waals surface area contributed by atoms with Crippen LogP contribution < -0.4 is 5.73 Å². The molecule has 1 rings (SSSR count). The van der Waals surface area contributed by atoms with Crippen molar-refractivity contribution in [1.29, 1.82) is 0 Å². The zero-order valence-electron chi connectivity index (χ0n) is 7.43. The molecule has 76 valence electrons. The standard InChI is InChI=1S/C8H13F2NO2/c1-13-7(12)5-2-3-6(11)8(9,10)4-5/h5-6H,2-4,11H2,1H3/t5-,6-/m0/s1. The van der Waals surface area contributed by atoms with Gasteiger partial charge in [0, 0.05) is 6.42 Å². The van der Waals surface area contributed by atoms with Crippen LogP contribution in [0.4, 0.5) is 8.78 Å². The van der Waals surface area contributed by atoms with E-state index in [-0.39, 0.29) is 6.42 Å². The molecule has 2 N–H and O–H groups in total. The highest BCUT2D eigenvalue weighted by molar-refractivity contribution is 5.72. The lowest BCUT2D eigenvalue weighted by Gasteiger charge is -2.32. The molecule has 0 aromatic carbocycles. The number of hydrogen-bond donors (Lipinski definition) is 1. The van der Waals surface area contributed by atoms with Gasteiger partial charge in [-0.25, -0.2) is 8.78 Å². The van der Waals surface area contributed by atoms with E-state index >= 15 is 0 Å². The van der Waals surface area contributed by atoms with Crippen molar-refractivity contribution in [3.8, 4) is 0 Å². The summed E-state index contributed by atoms with van der Waals surface area (Å²) in [7, 11) is 1.20. The minimum atomic E-state index is -2.93. The fourth-order valence-corrected chi connectivity index (χ4v) is 1.54. The molecule has 0 amide bonds. The Kier molecular flexibility index (Phi) is 2.85. The lowest BCUT2D eigenvalue weighted by atomic mass is 9.83. The minimum Gasteiger partial charge on any atom is -0.469 e. The zero-order chi connectivity index (χ0) is 10.1. The van der Waals surface area contributed by atoms with E-state index in [1.165, 1.54) is 7.11 Å². The fourth-order valence-electron chi connectivity index (χ4n) is 1.54. The highest BCUT2D eigenvalue weighted by atomic mass is 19.3. The summed E-state index contributed by atoms with van der Waals surface area (Å²) in [5.74, 6) is -4.19. The Morgan fingerprint density at radius 1 is 1.54 bits per heavy atom. The minimum absolute atomic E-state index is 0.173. The van der Waals surface area contributed by atoms with Crippen LogP contribution in [0.25, 0.3) is 0 Å². The average molecular weight is 193 g/mol. The molecule has 1 aliphatic carbocycles. The molecule has 0 bridgehead atoms. The molecule has 3 nitrogen and oxygen atoms in total. The van der Waals surface area contributed by atoms with Gasteiger partial charge in [0.25, 0.3) is 5.92 Å². The molecule has 0 saturated heterocycles. The van der Waals surface area contributed by atoms with Crippen LogP contribution in [0.5, 0.6) is 0 Å². The van der Waals surface area contributed by atoms with Crippen molar-refractivity contribution in [3.05, 3.63) is 0 Å². The second kappa shape index (κ2) is 3.57. The van der Waals surface area contributed by atoms with Crippen LogP contribution in [0.1, 0.15) is 19.3 Å². The molecular formula is C8H13F2NO2. The summed E-state index contributed by atoms with van der Waals surface area (Å²) in [6.45, 7) is 0. The van der Waals surface area contributed by atoms with Crippen LogP contribution in [-0.2, 0) is 9.53 Å². The Morgan fingerprint density at radius 3 is 2.62 bits per heavy atom. The van der Waals surface area contributed by atoms with Crippen LogP contribution >= 0.6 is 0 Å². The third kappa shape index (κ3) is 2.15. The topological polar surface area (TPSA) is 52.3 Å². The number of alkyl halides is 2. The first-order valence-corrected chi connectivity index (χ1v) is 4.18. The highest BCUT2D eigenvalue weighted by Crippen LogP contribution is 2.36. The summed E-state index contributed by atoms with van der Waals surface area (Å²) in [5, 5.41) is 0. The van der Waals surface area contributed by atoms with Crippen LogP contribution in [0, 0.1) is 5.92 Å². The Morgan fingerprint density at radius 2 is 2.15 bits per heavy atom. The van der Waals surface area contributed by atoms with Crippen molar-refractivity contribution in [2.75, 3.05) is 7.11 Å². The van der Waals surface area contributed by atoms with E-state index in [9.17, 15) is 13.6 Å². The number of hydrogen-bond acceptors (Lipinski definition) is 3. The zero-order valence-corrected chi connectivity index (χ0v) is 7.43. The van der Waals surface area contributed by atoms with E-state index in [4.69, 9.17) is 5.73 Å². The number of esters is 1. The second-order valence-corrected chi connectivity index (χ2v) is 3.37. The van der Waals surface area contributed by atoms with Crippen molar-refractivity contribution in [2.24, 2.45) is 11.7 Å². The number of halogens is 2. The summed E-state index contributed by atoms with van der Waals surface area (Å²) in [4.78, 5) is 11.0. The van der Waals surface area contributed by atoms with Gasteiger partial charge >= 0.3 is 5.97 Å². The molecule has 0 spiro atoms. The Labute approximate surface area is 75.2 Å². The van der Waals surface area contributed by atoms with Gasteiger partial charge in [-0.05, 0) is 12.8 Å².